The molecule has 0 spiro atoms. The molecule has 1 aromatic rings. The van der Waals surface area contributed by atoms with Crippen LogP contribution in [-0.2, 0) is 5.41 Å². The molecule has 1 saturated carbocycles. The lowest BCUT2D eigenvalue weighted by Crippen LogP contribution is -2.49. The molecule has 0 amide bonds. The Morgan fingerprint density at radius 2 is 2.29 bits per heavy atom. The largest absolute Gasteiger partial charge is 0.393 e. The van der Waals surface area contributed by atoms with Gasteiger partial charge in [0, 0.05) is 18.2 Å². The minimum absolute atomic E-state index is 0.0724. The van der Waals surface area contributed by atoms with Crippen molar-refractivity contribution < 1.29 is 5.11 Å². The molecule has 1 fully saturated rings. The molecule has 4 heteroatoms. The van der Waals surface area contributed by atoms with Gasteiger partial charge < -0.3 is 10.8 Å². The molecule has 0 bridgehead atoms. The molecule has 0 radical (unpaired) electrons. The number of aromatic nitrogens is 1. The number of halogens is 1. The van der Waals surface area contributed by atoms with Crippen LogP contribution in [-0.4, -0.2) is 22.7 Å². The van der Waals surface area contributed by atoms with Crippen LogP contribution < -0.4 is 5.73 Å². The fraction of sp³-hybridized carbons (Fsp3) is 0.500. The van der Waals surface area contributed by atoms with E-state index in [0.717, 1.165) is 18.4 Å². The van der Waals surface area contributed by atoms with E-state index >= 15 is 0 Å². The summed E-state index contributed by atoms with van der Waals surface area (Å²) < 4.78 is 0. The lowest BCUT2D eigenvalue weighted by atomic mass is 9.63. The maximum Gasteiger partial charge on any atom is 0.129 e. The maximum absolute atomic E-state index is 9.33. The lowest BCUT2D eigenvalue weighted by Gasteiger charge is -2.45. The molecule has 76 valence electrons. The first-order chi connectivity index (χ1) is 6.66. The number of rotatable bonds is 2. The van der Waals surface area contributed by atoms with Crippen LogP contribution in [0.2, 0.25) is 5.15 Å². The Kier molecular flexibility index (Phi) is 2.47. The van der Waals surface area contributed by atoms with Gasteiger partial charge in [-0.05, 0) is 24.5 Å². The Hall–Kier alpha value is -0.640. The minimum atomic E-state index is -0.214. The lowest BCUT2D eigenvalue weighted by molar-refractivity contribution is 0.0220. The fourth-order valence-corrected chi connectivity index (χ4v) is 2.16. The van der Waals surface area contributed by atoms with Crippen LogP contribution in [0.15, 0.2) is 18.3 Å². The Bertz CT molecular complexity index is 319. The molecular weight excluding hydrogens is 200 g/mol. The van der Waals surface area contributed by atoms with Gasteiger partial charge in [-0.2, -0.15) is 0 Å². The third-order valence-electron chi connectivity index (χ3n) is 2.98. The summed E-state index contributed by atoms with van der Waals surface area (Å²) in [5, 5.41) is 9.82. The van der Waals surface area contributed by atoms with Crippen LogP contribution >= 0.6 is 11.6 Å². The Labute approximate surface area is 87.9 Å². The first-order valence-electron chi connectivity index (χ1n) is 4.66. The first kappa shape index (κ1) is 9.90. The zero-order valence-corrected chi connectivity index (χ0v) is 8.54. The highest BCUT2D eigenvalue weighted by molar-refractivity contribution is 6.29. The highest BCUT2D eigenvalue weighted by atomic mass is 35.5. The zero-order valence-electron chi connectivity index (χ0n) is 7.78. The second-order valence-corrected chi connectivity index (χ2v) is 4.30. The standard InChI is InChI=1S/C10H13ClN2O/c11-9-2-1-7(5-13-9)10(6-12)3-8(14)4-10/h1-2,5,8,14H,3-4,6,12H2. The van der Waals surface area contributed by atoms with Gasteiger partial charge in [0.15, 0.2) is 0 Å². The van der Waals surface area contributed by atoms with Crippen molar-refractivity contribution in [1.29, 1.82) is 0 Å². The summed E-state index contributed by atoms with van der Waals surface area (Å²) in [6, 6.07) is 3.70. The zero-order chi connectivity index (χ0) is 10.2. The van der Waals surface area contributed by atoms with E-state index in [1.807, 2.05) is 6.07 Å². The van der Waals surface area contributed by atoms with E-state index in [0.29, 0.717) is 11.7 Å². The molecule has 0 aromatic carbocycles. The smallest absolute Gasteiger partial charge is 0.129 e. The Balaban J connectivity index is 2.25. The number of hydrogen-bond acceptors (Lipinski definition) is 3. The fourth-order valence-electron chi connectivity index (χ4n) is 2.05. The maximum atomic E-state index is 9.33. The number of aliphatic hydroxyl groups is 1. The van der Waals surface area contributed by atoms with Gasteiger partial charge in [-0.25, -0.2) is 4.98 Å². The van der Waals surface area contributed by atoms with Gasteiger partial charge in [-0.3, -0.25) is 0 Å². The monoisotopic (exact) mass is 212 g/mol. The highest BCUT2D eigenvalue weighted by Crippen LogP contribution is 2.42. The van der Waals surface area contributed by atoms with Gasteiger partial charge in [0.2, 0.25) is 0 Å². The van der Waals surface area contributed by atoms with Crippen LogP contribution in [0.25, 0.3) is 0 Å². The van der Waals surface area contributed by atoms with E-state index in [1.54, 1.807) is 12.3 Å². The predicted octanol–water partition coefficient (Wildman–Crippen LogP) is 1.09. The average Bonchev–Trinajstić information content (AvgIpc) is 2.14. The summed E-state index contributed by atoms with van der Waals surface area (Å²) in [6.07, 6.45) is 3.00. The molecule has 0 atom stereocenters. The second kappa shape index (κ2) is 3.50. The molecule has 1 aromatic heterocycles. The van der Waals surface area contributed by atoms with Crippen molar-refractivity contribution >= 4 is 11.6 Å². The van der Waals surface area contributed by atoms with Crippen molar-refractivity contribution in [2.45, 2.75) is 24.4 Å². The minimum Gasteiger partial charge on any atom is -0.393 e. The van der Waals surface area contributed by atoms with Crippen LogP contribution in [0.5, 0.6) is 0 Å². The van der Waals surface area contributed by atoms with Crippen molar-refractivity contribution in [2.75, 3.05) is 6.54 Å². The summed E-state index contributed by atoms with van der Waals surface area (Å²) in [7, 11) is 0. The highest BCUT2D eigenvalue weighted by Gasteiger charge is 2.43. The van der Waals surface area contributed by atoms with Crippen LogP contribution in [0, 0.1) is 0 Å². The summed E-state index contributed by atoms with van der Waals surface area (Å²) in [4.78, 5) is 4.03. The summed E-state index contributed by atoms with van der Waals surface area (Å²) in [5.41, 5.74) is 6.74. The molecule has 14 heavy (non-hydrogen) atoms. The van der Waals surface area contributed by atoms with Gasteiger partial charge in [0.05, 0.1) is 6.10 Å². The molecular formula is C10H13ClN2O. The van der Waals surface area contributed by atoms with Gasteiger partial charge in [0.25, 0.3) is 0 Å². The normalized spacial score (nSPS) is 31.2. The average molecular weight is 213 g/mol. The molecule has 1 aliphatic carbocycles. The first-order valence-corrected chi connectivity index (χ1v) is 5.04. The Morgan fingerprint density at radius 1 is 1.57 bits per heavy atom. The number of pyridine rings is 1. The molecule has 0 saturated heterocycles. The quantitative estimate of drug-likeness (QED) is 0.722. The number of nitrogens with zero attached hydrogens (tertiary/aromatic N) is 1. The summed E-state index contributed by atoms with van der Waals surface area (Å²) in [5.74, 6) is 0. The molecule has 3 nitrogen and oxygen atoms in total. The molecule has 1 heterocycles. The molecule has 1 aliphatic rings. The third kappa shape index (κ3) is 1.52. The SMILES string of the molecule is NCC1(c2ccc(Cl)nc2)CC(O)C1. The predicted molar refractivity (Wildman–Crippen MR) is 55.2 cm³/mol. The van der Waals surface area contributed by atoms with Crippen molar-refractivity contribution in [3.8, 4) is 0 Å². The van der Waals surface area contributed by atoms with E-state index in [1.165, 1.54) is 0 Å². The second-order valence-electron chi connectivity index (χ2n) is 3.92. The molecule has 3 N–H and O–H groups in total. The van der Waals surface area contributed by atoms with Crippen molar-refractivity contribution in [3.63, 3.8) is 0 Å². The van der Waals surface area contributed by atoms with E-state index in [2.05, 4.69) is 4.98 Å². The third-order valence-corrected chi connectivity index (χ3v) is 3.21. The van der Waals surface area contributed by atoms with Crippen molar-refractivity contribution in [2.24, 2.45) is 5.73 Å². The van der Waals surface area contributed by atoms with Gasteiger partial charge in [-0.15, -0.1) is 0 Å². The summed E-state index contributed by atoms with van der Waals surface area (Å²) in [6.45, 7) is 0.549. The van der Waals surface area contributed by atoms with Gasteiger partial charge in [-0.1, -0.05) is 17.7 Å². The van der Waals surface area contributed by atoms with Crippen molar-refractivity contribution in [3.05, 3.63) is 29.0 Å². The number of aliphatic hydroxyl groups excluding tert-OH is 1. The topological polar surface area (TPSA) is 59.1 Å². The van der Waals surface area contributed by atoms with Crippen LogP contribution in [0.3, 0.4) is 0 Å². The summed E-state index contributed by atoms with van der Waals surface area (Å²) >= 11 is 5.70. The van der Waals surface area contributed by atoms with E-state index in [-0.39, 0.29) is 11.5 Å². The molecule has 0 aliphatic heterocycles. The van der Waals surface area contributed by atoms with Gasteiger partial charge >= 0.3 is 0 Å². The van der Waals surface area contributed by atoms with Crippen LogP contribution in [0.1, 0.15) is 18.4 Å². The van der Waals surface area contributed by atoms with E-state index in [9.17, 15) is 5.11 Å². The van der Waals surface area contributed by atoms with Gasteiger partial charge in [0.1, 0.15) is 5.15 Å². The number of nitrogens with two attached hydrogens (primary N) is 1. The van der Waals surface area contributed by atoms with E-state index < -0.39 is 0 Å². The van der Waals surface area contributed by atoms with E-state index in [4.69, 9.17) is 17.3 Å². The van der Waals surface area contributed by atoms with Crippen LogP contribution in [0.4, 0.5) is 0 Å². The van der Waals surface area contributed by atoms with Crippen molar-refractivity contribution in [1.82, 2.24) is 4.98 Å². The number of hydrogen-bond donors (Lipinski definition) is 2. The Morgan fingerprint density at radius 3 is 2.71 bits per heavy atom. The molecule has 2 rings (SSSR count). The molecule has 0 unspecified atom stereocenters.